The molecule has 152 valence electrons. The first-order valence-electron chi connectivity index (χ1n) is 9.68. The van der Waals surface area contributed by atoms with Crippen LogP contribution in [0.3, 0.4) is 0 Å². The minimum Gasteiger partial charge on any atom is -0.476 e. The third kappa shape index (κ3) is 4.39. The van der Waals surface area contributed by atoms with E-state index in [-0.39, 0.29) is 24.3 Å². The van der Waals surface area contributed by atoms with E-state index in [0.29, 0.717) is 35.8 Å². The van der Waals surface area contributed by atoms with Crippen LogP contribution in [0.25, 0.3) is 0 Å². The number of hydrogen-bond donors (Lipinski definition) is 1. The molecule has 3 rings (SSSR count). The monoisotopic (exact) mass is 395 g/mol. The van der Waals surface area contributed by atoms with Gasteiger partial charge in [0.25, 0.3) is 11.8 Å². The lowest BCUT2D eigenvalue weighted by Gasteiger charge is -2.33. The molecule has 3 amide bonds. The van der Waals surface area contributed by atoms with E-state index in [1.165, 1.54) is 11.8 Å². The zero-order valence-corrected chi connectivity index (χ0v) is 16.8. The molecule has 2 aromatic carbocycles. The average Bonchev–Trinajstić information content (AvgIpc) is 2.74. The van der Waals surface area contributed by atoms with Crippen molar-refractivity contribution in [2.75, 3.05) is 29.9 Å². The SMILES string of the molecule is CCN(CC)C(=O)c1ccc(NC(=O)[C@@H]2CN(C(C)=O)c3ccccc3O2)cc1. The fourth-order valence-corrected chi connectivity index (χ4v) is 3.28. The molecule has 0 aliphatic carbocycles. The van der Waals surface area contributed by atoms with Crippen LogP contribution < -0.4 is 15.0 Å². The highest BCUT2D eigenvalue weighted by Gasteiger charge is 2.32. The number of nitrogens with one attached hydrogen (secondary N) is 1. The number of rotatable bonds is 5. The van der Waals surface area contributed by atoms with Crippen molar-refractivity contribution in [2.24, 2.45) is 0 Å². The Balaban J connectivity index is 1.71. The van der Waals surface area contributed by atoms with E-state index in [1.807, 2.05) is 19.9 Å². The van der Waals surface area contributed by atoms with Gasteiger partial charge >= 0.3 is 0 Å². The Kier molecular flexibility index (Phi) is 6.16. The van der Waals surface area contributed by atoms with Crippen LogP contribution in [0.4, 0.5) is 11.4 Å². The van der Waals surface area contributed by atoms with E-state index in [4.69, 9.17) is 4.74 Å². The molecule has 0 spiro atoms. The van der Waals surface area contributed by atoms with Crippen molar-refractivity contribution >= 4 is 29.1 Å². The van der Waals surface area contributed by atoms with E-state index in [0.717, 1.165) is 0 Å². The molecule has 1 atom stereocenters. The van der Waals surface area contributed by atoms with Crippen molar-refractivity contribution in [3.63, 3.8) is 0 Å². The van der Waals surface area contributed by atoms with Crippen LogP contribution in [0.5, 0.6) is 5.75 Å². The van der Waals surface area contributed by atoms with Crippen LogP contribution in [0.15, 0.2) is 48.5 Å². The van der Waals surface area contributed by atoms with Crippen LogP contribution in [0, 0.1) is 0 Å². The molecular formula is C22H25N3O4. The zero-order chi connectivity index (χ0) is 21.0. The Morgan fingerprint density at radius 2 is 1.72 bits per heavy atom. The van der Waals surface area contributed by atoms with E-state index in [9.17, 15) is 14.4 Å². The molecule has 0 bridgehead atoms. The van der Waals surface area contributed by atoms with E-state index < -0.39 is 6.10 Å². The number of carbonyl (C=O) groups excluding carboxylic acids is 3. The van der Waals surface area contributed by atoms with Crippen LogP contribution >= 0.6 is 0 Å². The summed E-state index contributed by atoms with van der Waals surface area (Å²) in [5, 5.41) is 2.80. The van der Waals surface area contributed by atoms with Crippen molar-refractivity contribution in [1.82, 2.24) is 4.90 Å². The summed E-state index contributed by atoms with van der Waals surface area (Å²) in [6, 6.07) is 13.9. The summed E-state index contributed by atoms with van der Waals surface area (Å²) in [6.45, 7) is 6.74. The van der Waals surface area contributed by atoms with Gasteiger partial charge in [0.05, 0.1) is 12.2 Å². The van der Waals surface area contributed by atoms with Crippen LogP contribution in [0.1, 0.15) is 31.1 Å². The molecule has 7 nitrogen and oxygen atoms in total. The number of ether oxygens (including phenoxy) is 1. The molecule has 1 aliphatic rings. The van der Waals surface area contributed by atoms with Crippen LogP contribution in [-0.4, -0.2) is 48.4 Å². The number of carbonyl (C=O) groups is 3. The number of fused-ring (bicyclic) bond motifs is 1. The largest absolute Gasteiger partial charge is 0.476 e. The van der Waals surface area contributed by atoms with Gasteiger partial charge in [-0.15, -0.1) is 0 Å². The lowest BCUT2D eigenvalue weighted by Crippen LogP contribution is -2.48. The van der Waals surface area contributed by atoms with Gasteiger partial charge in [0.1, 0.15) is 5.75 Å². The number of hydrogen-bond acceptors (Lipinski definition) is 4. The third-order valence-electron chi connectivity index (χ3n) is 4.90. The topological polar surface area (TPSA) is 79.0 Å². The summed E-state index contributed by atoms with van der Waals surface area (Å²) in [6.07, 6.45) is -0.828. The second kappa shape index (κ2) is 8.77. The predicted octanol–water partition coefficient (Wildman–Crippen LogP) is 2.92. The Morgan fingerprint density at radius 1 is 1.07 bits per heavy atom. The van der Waals surface area contributed by atoms with Crippen molar-refractivity contribution in [1.29, 1.82) is 0 Å². The first-order valence-corrected chi connectivity index (χ1v) is 9.68. The summed E-state index contributed by atoms with van der Waals surface area (Å²) in [4.78, 5) is 40.4. The third-order valence-corrected chi connectivity index (χ3v) is 4.90. The summed E-state index contributed by atoms with van der Waals surface area (Å²) < 4.78 is 5.80. The molecule has 0 unspecified atom stereocenters. The molecule has 0 saturated carbocycles. The Hall–Kier alpha value is -3.35. The minimum atomic E-state index is -0.828. The van der Waals surface area contributed by atoms with E-state index in [2.05, 4.69) is 5.32 Å². The minimum absolute atomic E-state index is 0.0443. The number of nitrogens with zero attached hydrogens (tertiary/aromatic N) is 2. The molecular weight excluding hydrogens is 370 g/mol. The Labute approximate surface area is 170 Å². The molecule has 29 heavy (non-hydrogen) atoms. The number of amides is 3. The summed E-state index contributed by atoms with van der Waals surface area (Å²) >= 11 is 0. The van der Waals surface area contributed by atoms with Gasteiger partial charge < -0.3 is 19.9 Å². The highest BCUT2D eigenvalue weighted by Crippen LogP contribution is 2.33. The summed E-state index contributed by atoms with van der Waals surface area (Å²) in [5.74, 6) is -0.0575. The van der Waals surface area contributed by atoms with Crippen LogP contribution in [-0.2, 0) is 9.59 Å². The van der Waals surface area contributed by atoms with Gasteiger partial charge in [0, 0.05) is 31.3 Å². The quantitative estimate of drug-likeness (QED) is 0.844. The second-order valence-corrected chi connectivity index (χ2v) is 6.75. The van der Waals surface area contributed by atoms with Gasteiger partial charge in [-0.2, -0.15) is 0 Å². The first-order chi connectivity index (χ1) is 13.9. The maximum Gasteiger partial charge on any atom is 0.267 e. The van der Waals surface area contributed by atoms with Gasteiger partial charge in [0.15, 0.2) is 6.10 Å². The molecule has 1 aliphatic heterocycles. The first kappa shape index (κ1) is 20.4. The molecule has 1 N–H and O–H groups in total. The molecule has 0 fully saturated rings. The molecule has 0 aromatic heterocycles. The van der Waals surface area contributed by atoms with Gasteiger partial charge in [-0.05, 0) is 50.2 Å². The Morgan fingerprint density at radius 3 is 2.34 bits per heavy atom. The lowest BCUT2D eigenvalue weighted by atomic mass is 10.1. The summed E-state index contributed by atoms with van der Waals surface area (Å²) in [7, 11) is 0. The molecule has 1 heterocycles. The summed E-state index contributed by atoms with van der Waals surface area (Å²) in [5.41, 5.74) is 1.78. The van der Waals surface area contributed by atoms with Gasteiger partial charge in [-0.25, -0.2) is 0 Å². The molecule has 2 aromatic rings. The van der Waals surface area contributed by atoms with Gasteiger partial charge in [-0.3, -0.25) is 14.4 Å². The molecule has 7 heteroatoms. The second-order valence-electron chi connectivity index (χ2n) is 6.75. The maximum atomic E-state index is 12.7. The maximum absolute atomic E-state index is 12.7. The van der Waals surface area contributed by atoms with E-state index >= 15 is 0 Å². The molecule has 0 radical (unpaired) electrons. The van der Waals surface area contributed by atoms with Gasteiger partial charge in [-0.1, -0.05) is 12.1 Å². The highest BCUT2D eigenvalue weighted by atomic mass is 16.5. The van der Waals surface area contributed by atoms with Crippen molar-refractivity contribution in [3.8, 4) is 5.75 Å². The average molecular weight is 395 g/mol. The number of benzene rings is 2. The smallest absolute Gasteiger partial charge is 0.267 e. The zero-order valence-electron chi connectivity index (χ0n) is 16.8. The van der Waals surface area contributed by atoms with Crippen molar-refractivity contribution in [2.45, 2.75) is 26.9 Å². The fraction of sp³-hybridized carbons (Fsp3) is 0.318. The Bertz CT molecular complexity index is 907. The lowest BCUT2D eigenvalue weighted by molar-refractivity contribution is -0.123. The fourth-order valence-electron chi connectivity index (χ4n) is 3.28. The van der Waals surface area contributed by atoms with Gasteiger partial charge in [0.2, 0.25) is 5.91 Å². The normalized spacial score (nSPS) is 15.1. The van der Waals surface area contributed by atoms with Crippen molar-refractivity contribution < 1.29 is 19.1 Å². The van der Waals surface area contributed by atoms with Crippen molar-refractivity contribution in [3.05, 3.63) is 54.1 Å². The predicted molar refractivity (Wildman–Crippen MR) is 111 cm³/mol. The number of para-hydroxylation sites is 2. The standard InChI is InChI=1S/C22H25N3O4/c1-4-24(5-2)22(28)16-10-12-17(13-11-16)23-21(27)20-14-25(15(3)26)18-8-6-7-9-19(18)29-20/h6-13,20H,4-5,14H2,1-3H3,(H,23,27)/t20-/m0/s1. The number of anilines is 2. The van der Waals surface area contributed by atoms with E-state index in [1.54, 1.807) is 47.4 Å². The van der Waals surface area contributed by atoms with Crippen LogP contribution in [0.2, 0.25) is 0 Å². The molecule has 0 saturated heterocycles. The highest BCUT2D eigenvalue weighted by molar-refractivity contribution is 6.00.